The second-order valence-corrected chi connectivity index (χ2v) is 0.871. The molecule has 0 atom stereocenters. The Hall–Kier alpha value is 0.822. The first kappa shape index (κ1) is 9.27. The molecule has 0 spiro atoms. The summed E-state index contributed by atoms with van der Waals surface area (Å²) < 4.78 is 0. The van der Waals surface area contributed by atoms with Crippen molar-refractivity contribution in [1.29, 1.82) is 0 Å². The van der Waals surface area contributed by atoms with Crippen LogP contribution in [0.5, 0.6) is 0 Å². The minimum atomic E-state index is 0. The molecule has 0 aromatic heterocycles. The lowest BCUT2D eigenvalue weighted by molar-refractivity contribution is 1.42. The third-order valence-electron chi connectivity index (χ3n) is 0.154. The fourth-order valence-electron chi connectivity index (χ4n) is 0. The number of rotatable bonds is 1. The van der Waals surface area contributed by atoms with Crippen molar-refractivity contribution in [2.45, 2.75) is 6.92 Å². The lowest BCUT2D eigenvalue weighted by Crippen LogP contribution is -1.57. The van der Waals surface area contributed by atoms with Crippen LogP contribution in [0, 0.1) is 6.42 Å². The van der Waals surface area contributed by atoms with Crippen LogP contribution < -0.4 is 0 Å². The van der Waals surface area contributed by atoms with E-state index in [1.165, 1.54) is 0 Å². The Kier molecular flexibility index (Phi) is 16.4. The third kappa shape index (κ3) is 11.6. The average Bonchev–Trinajstić information content (AvgIpc) is 1.37. The van der Waals surface area contributed by atoms with Crippen molar-refractivity contribution in [1.82, 2.24) is 0 Å². The normalized spacial score (nSPS) is 6.00. The highest BCUT2D eigenvalue weighted by Crippen LogP contribution is 1.73. The van der Waals surface area contributed by atoms with Gasteiger partial charge in [0, 0.05) is 5.88 Å². The molecule has 2 heteroatoms. The zero-order valence-corrected chi connectivity index (χ0v) is 3.42. The molecule has 0 N–H and O–H groups in total. The molecule has 0 nitrogen and oxygen atoms in total. The van der Waals surface area contributed by atoms with E-state index in [0.29, 0.717) is 5.88 Å². The van der Waals surface area contributed by atoms with Crippen molar-refractivity contribution >= 4 is 29.0 Å². The maximum Gasteiger partial charge on any atom is 0.187 e. The molecule has 0 bridgehead atoms. The van der Waals surface area contributed by atoms with E-state index in [9.17, 15) is 0 Å². The van der Waals surface area contributed by atoms with E-state index in [1.807, 2.05) is 13.3 Å². The van der Waals surface area contributed by atoms with Crippen molar-refractivity contribution in [2.24, 2.45) is 0 Å². The summed E-state index contributed by atoms with van der Waals surface area (Å²) in [6.45, 7) is 1.92. The van der Waals surface area contributed by atoms with E-state index >= 15 is 0 Å². The minimum Gasteiger partial charge on any atom is -0.126 e. The summed E-state index contributed by atoms with van der Waals surface area (Å²) >= 11 is 5.13. The second-order valence-electron chi connectivity index (χ2n) is 0.563. The van der Waals surface area contributed by atoms with Crippen LogP contribution in [-0.2, 0) is 0 Å². The molecule has 0 fully saturated rings. The summed E-state index contributed by atoms with van der Waals surface area (Å²) in [5.74, 6) is 0.667. The summed E-state index contributed by atoms with van der Waals surface area (Å²) in [5, 5.41) is 0. The highest BCUT2D eigenvalue weighted by Gasteiger charge is 1.59. The summed E-state index contributed by atoms with van der Waals surface area (Å²) in [4.78, 5) is 0. The lowest BCUT2D eigenvalue weighted by atomic mass is 10.6. The van der Waals surface area contributed by atoms with E-state index in [4.69, 9.17) is 11.6 Å². The van der Waals surface area contributed by atoms with Gasteiger partial charge in [-0.25, -0.2) is 0 Å². The summed E-state index contributed by atoms with van der Waals surface area (Å²) in [6.07, 6.45) is 1.89. The van der Waals surface area contributed by atoms with E-state index in [-0.39, 0.29) is 17.4 Å². The molecule has 0 aromatic rings. The van der Waals surface area contributed by atoms with Gasteiger partial charge in [-0.15, -0.1) is 11.6 Å². The highest BCUT2D eigenvalue weighted by molar-refractivity contribution is 6.18. The summed E-state index contributed by atoms with van der Waals surface area (Å²) in [7, 11) is 0. The van der Waals surface area contributed by atoms with E-state index in [0.717, 1.165) is 0 Å². The quantitative estimate of drug-likeness (QED) is 0.333. The molecule has 0 rings (SSSR count). The van der Waals surface area contributed by atoms with Crippen molar-refractivity contribution in [3.05, 3.63) is 6.42 Å². The molecule has 0 aromatic carbocycles. The van der Waals surface area contributed by atoms with Crippen molar-refractivity contribution in [3.63, 3.8) is 0 Å². The van der Waals surface area contributed by atoms with Crippen LogP contribution >= 0.6 is 11.6 Å². The van der Waals surface area contributed by atoms with E-state index in [2.05, 4.69) is 0 Å². The fourth-order valence-corrected chi connectivity index (χ4v) is 0. The van der Waals surface area contributed by atoms with Crippen LogP contribution in [0.25, 0.3) is 0 Å². The lowest BCUT2D eigenvalue weighted by Gasteiger charge is -1.65. The highest BCUT2D eigenvalue weighted by atomic mass is 35.5. The van der Waals surface area contributed by atoms with Gasteiger partial charge in [0.05, 0.1) is 0 Å². The molecule has 31 valence electrons. The number of hydrogen-bond acceptors (Lipinski definition) is 0. The Morgan fingerprint density at radius 3 is 2.00 bits per heavy atom. The van der Waals surface area contributed by atoms with Crippen LogP contribution in [0.4, 0.5) is 0 Å². The first-order valence-corrected chi connectivity index (χ1v) is 1.79. The minimum absolute atomic E-state index is 0. The fraction of sp³-hybridized carbons (Fsp3) is 0.667. The summed E-state index contributed by atoms with van der Waals surface area (Å²) in [6, 6.07) is 0. The van der Waals surface area contributed by atoms with Gasteiger partial charge < -0.3 is 0 Å². The Morgan fingerprint density at radius 1 is 1.80 bits per heavy atom. The molecule has 0 heterocycles. The monoisotopic (exact) mass is 107 g/mol. The Labute approximate surface area is 48.6 Å². The molecular formula is C3H9AlCl. The summed E-state index contributed by atoms with van der Waals surface area (Å²) in [5.41, 5.74) is 0. The van der Waals surface area contributed by atoms with Crippen LogP contribution in [0.2, 0.25) is 0 Å². The van der Waals surface area contributed by atoms with Crippen LogP contribution in [0.3, 0.4) is 0 Å². The van der Waals surface area contributed by atoms with Gasteiger partial charge >= 0.3 is 0 Å². The van der Waals surface area contributed by atoms with Crippen LogP contribution in [-0.4, -0.2) is 23.2 Å². The van der Waals surface area contributed by atoms with Crippen LogP contribution in [0.1, 0.15) is 6.92 Å². The third-order valence-corrected chi connectivity index (χ3v) is 0.463. The molecule has 0 aliphatic heterocycles. The van der Waals surface area contributed by atoms with Gasteiger partial charge in [-0.05, 0) is 6.42 Å². The van der Waals surface area contributed by atoms with Crippen molar-refractivity contribution < 1.29 is 0 Å². The molecule has 0 aliphatic carbocycles. The predicted octanol–water partition coefficient (Wildman–Crippen LogP) is 0.265. The largest absolute Gasteiger partial charge is 0.187 e. The zero-order chi connectivity index (χ0) is 3.41. The Morgan fingerprint density at radius 2 is 2.00 bits per heavy atom. The molecule has 0 saturated heterocycles. The molecule has 0 aliphatic rings. The molecule has 0 unspecified atom stereocenters. The maximum atomic E-state index is 5.13. The molecule has 0 amide bonds. The standard InChI is InChI=1S/C3H6Cl.Al.3H/c1-2-3-4;;;;/h2H,3H2,1H3;;;;. The van der Waals surface area contributed by atoms with Crippen LogP contribution in [0.15, 0.2) is 0 Å². The number of alkyl halides is 1. The van der Waals surface area contributed by atoms with E-state index < -0.39 is 0 Å². The second kappa shape index (κ2) is 8.85. The average molecular weight is 108 g/mol. The van der Waals surface area contributed by atoms with Gasteiger partial charge in [0.2, 0.25) is 0 Å². The van der Waals surface area contributed by atoms with Crippen molar-refractivity contribution in [2.75, 3.05) is 5.88 Å². The van der Waals surface area contributed by atoms with Gasteiger partial charge in [-0.2, -0.15) is 0 Å². The smallest absolute Gasteiger partial charge is 0.126 e. The molecule has 5 heavy (non-hydrogen) atoms. The van der Waals surface area contributed by atoms with Gasteiger partial charge in [0.15, 0.2) is 17.4 Å². The first-order valence-electron chi connectivity index (χ1n) is 1.25. The molecular weight excluding hydrogens is 98.5 g/mol. The van der Waals surface area contributed by atoms with Crippen molar-refractivity contribution in [3.8, 4) is 0 Å². The molecule has 0 saturated carbocycles. The zero-order valence-electron chi connectivity index (χ0n) is 2.66. The molecule has 1 radical (unpaired) electrons. The number of hydrogen-bond donors (Lipinski definition) is 0. The van der Waals surface area contributed by atoms with Gasteiger partial charge in [0.25, 0.3) is 0 Å². The topological polar surface area (TPSA) is 0 Å². The van der Waals surface area contributed by atoms with Gasteiger partial charge in [-0.1, -0.05) is 6.92 Å². The Bertz CT molecular complexity index is 8.85. The number of halogens is 1. The SMILES string of the molecule is C[CH]CCl.[AlH3]. The van der Waals surface area contributed by atoms with Gasteiger partial charge in [0.1, 0.15) is 0 Å². The maximum absolute atomic E-state index is 5.13. The van der Waals surface area contributed by atoms with Gasteiger partial charge in [-0.3, -0.25) is 0 Å². The predicted molar refractivity (Wildman–Crippen MR) is 30.6 cm³/mol. The first-order chi connectivity index (χ1) is 1.91. The van der Waals surface area contributed by atoms with E-state index in [1.54, 1.807) is 0 Å². The Balaban J connectivity index is 0.